The Morgan fingerprint density at radius 3 is 2.82 bits per heavy atom. The number of anilines is 1. The Kier molecular flexibility index (Phi) is 3.29. The van der Waals surface area contributed by atoms with Crippen LogP contribution in [0.3, 0.4) is 0 Å². The van der Waals surface area contributed by atoms with E-state index >= 15 is 0 Å². The van der Waals surface area contributed by atoms with Crippen molar-refractivity contribution in [3.8, 4) is 0 Å². The normalized spacial score (nSPS) is 10.9. The quantitative estimate of drug-likeness (QED) is 0.760. The second-order valence-electron chi connectivity index (χ2n) is 5.36. The molecule has 0 atom stereocenters. The highest BCUT2D eigenvalue weighted by atomic mass is 16.2. The summed E-state index contributed by atoms with van der Waals surface area (Å²) in [4.78, 5) is 31.5. The summed E-state index contributed by atoms with van der Waals surface area (Å²) in [5.74, 6) is -0.149. The summed E-state index contributed by atoms with van der Waals surface area (Å²) in [5, 5.41) is 2.64. The molecule has 1 amide bonds. The average molecular weight is 296 g/mol. The molecule has 0 aliphatic rings. The largest absolute Gasteiger partial charge is 0.354 e. The number of fused-ring (bicyclic) bond motifs is 1. The lowest BCUT2D eigenvalue weighted by molar-refractivity contribution is 0.102. The van der Waals surface area contributed by atoms with Gasteiger partial charge in [-0.1, -0.05) is 6.07 Å². The molecule has 0 radical (unpaired) electrons. The molecule has 6 nitrogen and oxygen atoms in total. The second kappa shape index (κ2) is 5.14. The standard InChI is InChI=1S/C16H16N4O2/c1-9-4-5-12-13(6-9)18-16(17-12)19-15(22)11-8-20(3)10(2)7-14(11)21/h4-8H,1-3H3,(H2,17,18,19,22). The van der Waals surface area contributed by atoms with Gasteiger partial charge in [0, 0.05) is 25.0 Å². The molecule has 3 rings (SSSR count). The lowest BCUT2D eigenvalue weighted by Crippen LogP contribution is -2.23. The minimum absolute atomic E-state index is 0.0877. The van der Waals surface area contributed by atoms with E-state index in [2.05, 4.69) is 15.3 Å². The molecule has 0 saturated carbocycles. The number of benzene rings is 1. The van der Waals surface area contributed by atoms with Crippen LogP contribution < -0.4 is 10.7 Å². The summed E-state index contributed by atoms with van der Waals surface area (Å²) in [6.45, 7) is 3.79. The van der Waals surface area contributed by atoms with Gasteiger partial charge in [0.2, 0.25) is 5.95 Å². The number of carbonyl (C=O) groups is 1. The van der Waals surface area contributed by atoms with E-state index in [9.17, 15) is 9.59 Å². The third-order valence-corrected chi connectivity index (χ3v) is 3.60. The number of pyridine rings is 1. The van der Waals surface area contributed by atoms with Gasteiger partial charge in [0.05, 0.1) is 11.0 Å². The number of hydrogen-bond donors (Lipinski definition) is 2. The van der Waals surface area contributed by atoms with Gasteiger partial charge >= 0.3 is 0 Å². The number of aryl methyl sites for hydroxylation is 3. The first-order valence-corrected chi connectivity index (χ1v) is 6.89. The lowest BCUT2D eigenvalue weighted by Gasteiger charge is -2.06. The number of nitrogens with one attached hydrogen (secondary N) is 2. The first-order valence-electron chi connectivity index (χ1n) is 6.89. The van der Waals surface area contributed by atoms with Crippen molar-refractivity contribution in [2.24, 2.45) is 7.05 Å². The smallest absolute Gasteiger partial charge is 0.263 e. The number of aromatic amines is 1. The zero-order valence-corrected chi connectivity index (χ0v) is 12.6. The summed E-state index contributed by atoms with van der Waals surface area (Å²) in [5.41, 5.74) is 3.27. The van der Waals surface area contributed by atoms with Crippen LogP contribution in [-0.2, 0) is 7.05 Å². The minimum atomic E-state index is -0.476. The Morgan fingerprint density at radius 1 is 1.27 bits per heavy atom. The van der Waals surface area contributed by atoms with Crippen molar-refractivity contribution in [2.45, 2.75) is 13.8 Å². The zero-order chi connectivity index (χ0) is 15.9. The van der Waals surface area contributed by atoms with Gasteiger partial charge in [-0.05, 0) is 31.5 Å². The van der Waals surface area contributed by atoms with Crippen LogP contribution in [0.5, 0.6) is 0 Å². The summed E-state index contributed by atoms with van der Waals surface area (Å²) in [6, 6.07) is 7.21. The van der Waals surface area contributed by atoms with Crippen LogP contribution in [-0.4, -0.2) is 20.4 Å². The van der Waals surface area contributed by atoms with Crippen molar-refractivity contribution < 1.29 is 4.79 Å². The summed E-state index contributed by atoms with van der Waals surface area (Å²) in [7, 11) is 1.79. The molecule has 0 spiro atoms. The van der Waals surface area contributed by atoms with E-state index in [1.54, 1.807) is 11.6 Å². The topological polar surface area (TPSA) is 79.8 Å². The van der Waals surface area contributed by atoms with Crippen molar-refractivity contribution in [1.82, 2.24) is 14.5 Å². The average Bonchev–Trinajstić information content (AvgIpc) is 2.83. The molecule has 2 heterocycles. The van der Waals surface area contributed by atoms with Crippen molar-refractivity contribution in [2.75, 3.05) is 5.32 Å². The predicted octanol–water partition coefficient (Wildman–Crippen LogP) is 2.13. The molecule has 0 aliphatic carbocycles. The van der Waals surface area contributed by atoms with Gasteiger partial charge in [-0.2, -0.15) is 0 Å². The Hall–Kier alpha value is -2.89. The maximum Gasteiger partial charge on any atom is 0.263 e. The van der Waals surface area contributed by atoms with E-state index in [1.807, 2.05) is 32.0 Å². The zero-order valence-electron chi connectivity index (χ0n) is 12.6. The molecule has 2 N–H and O–H groups in total. The van der Waals surface area contributed by atoms with E-state index in [0.29, 0.717) is 5.95 Å². The summed E-state index contributed by atoms with van der Waals surface area (Å²) < 4.78 is 1.73. The van der Waals surface area contributed by atoms with Gasteiger partial charge in [0.1, 0.15) is 5.56 Å². The summed E-state index contributed by atoms with van der Waals surface area (Å²) >= 11 is 0. The van der Waals surface area contributed by atoms with Crippen LogP contribution in [0.2, 0.25) is 0 Å². The summed E-state index contributed by atoms with van der Waals surface area (Å²) in [6.07, 6.45) is 1.53. The number of carbonyl (C=O) groups excluding carboxylic acids is 1. The highest BCUT2D eigenvalue weighted by Gasteiger charge is 2.13. The number of aromatic nitrogens is 3. The fourth-order valence-electron chi connectivity index (χ4n) is 2.26. The third kappa shape index (κ3) is 2.50. The maximum absolute atomic E-state index is 12.3. The molecule has 22 heavy (non-hydrogen) atoms. The van der Waals surface area contributed by atoms with E-state index in [1.165, 1.54) is 12.3 Å². The number of nitrogens with zero attached hydrogens (tertiary/aromatic N) is 2. The number of hydrogen-bond acceptors (Lipinski definition) is 3. The van der Waals surface area contributed by atoms with Gasteiger partial charge < -0.3 is 9.55 Å². The molecule has 3 aromatic rings. The van der Waals surface area contributed by atoms with Crippen molar-refractivity contribution in [1.29, 1.82) is 0 Å². The Morgan fingerprint density at radius 2 is 2.05 bits per heavy atom. The molecule has 0 fully saturated rings. The fraction of sp³-hybridized carbons (Fsp3) is 0.188. The third-order valence-electron chi connectivity index (χ3n) is 3.60. The Labute approximate surface area is 126 Å². The molecule has 0 saturated heterocycles. The molecular weight excluding hydrogens is 280 g/mol. The maximum atomic E-state index is 12.3. The highest BCUT2D eigenvalue weighted by molar-refractivity contribution is 6.03. The van der Waals surface area contributed by atoms with Crippen LogP contribution in [0, 0.1) is 13.8 Å². The van der Waals surface area contributed by atoms with Crippen LogP contribution in [0.1, 0.15) is 21.6 Å². The first-order chi connectivity index (χ1) is 10.4. The van der Waals surface area contributed by atoms with Gasteiger partial charge in [0.25, 0.3) is 5.91 Å². The number of amides is 1. The SMILES string of the molecule is Cc1ccc2nc(NC(=O)c3cn(C)c(C)cc3=O)[nH]c2c1. The van der Waals surface area contributed by atoms with Gasteiger partial charge in [-0.15, -0.1) is 0 Å². The van der Waals surface area contributed by atoms with Crippen molar-refractivity contribution in [3.05, 3.63) is 57.5 Å². The molecule has 0 unspecified atom stereocenters. The van der Waals surface area contributed by atoms with Gasteiger partial charge in [-0.3, -0.25) is 14.9 Å². The fourth-order valence-corrected chi connectivity index (χ4v) is 2.26. The molecule has 0 bridgehead atoms. The highest BCUT2D eigenvalue weighted by Crippen LogP contribution is 2.16. The number of imidazole rings is 1. The Bertz CT molecular complexity index is 937. The van der Waals surface area contributed by atoms with Crippen LogP contribution >= 0.6 is 0 Å². The van der Waals surface area contributed by atoms with Crippen molar-refractivity contribution in [3.63, 3.8) is 0 Å². The molecule has 6 heteroatoms. The molecule has 112 valence electrons. The van der Waals surface area contributed by atoms with E-state index in [-0.39, 0.29) is 11.0 Å². The van der Waals surface area contributed by atoms with E-state index in [4.69, 9.17) is 0 Å². The monoisotopic (exact) mass is 296 g/mol. The van der Waals surface area contributed by atoms with Crippen molar-refractivity contribution >= 4 is 22.9 Å². The second-order valence-corrected chi connectivity index (χ2v) is 5.36. The van der Waals surface area contributed by atoms with Gasteiger partial charge in [0.15, 0.2) is 5.43 Å². The van der Waals surface area contributed by atoms with Crippen LogP contribution in [0.25, 0.3) is 11.0 Å². The molecule has 0 aliphatic heterocycles. The van der Waals surface area contributed by atoms with Gasteiger partial charge in [-0.25, -0.2) is 4.98 Å². The molecular formula is C16H16N4O2. The van der Waals surface area contributed by atoms with E-state index < -0.39 is 5.91 Å². The van der Waals surface area contributed by atoms with Crippen LogP contribution in [0.4, 0.5) is 5.95 Å². The number of rotatable bonds is 2. The first kappa shape index (κ1) is 14.1. The Balaban J connectivity index is 1.93. The number of H-pyrrole nitrogens is 1. The lowest BCUT2D eigenvalue weighted by atomic mass is 10.2. The van der Waals surface area contributed by atoms with Crippen LogP contribution in [0.15, 0.2) is 35.3 Å². The predicted molar refractivity (Wildman–Crippen MR) is 85.2 cm³/mol. The molecule has 1 aromatic carbocycles. The van der Waals surface area contributed by atoms with E-state index in [0.717, 1.165) is 22.3 Å². The minimum Gasteiger partial charge on any atom is -0.354 e. The molecule has 2 aromatic heterocycles.